The third-order valence-corrected chi connectivity index (χ3v) is 4.37. The van der Waals surface area contributed by atoms with E-state index in [-0.39, 0.29) is 12.1 Å². The fourth-order valence-electron chi connectivity index (χ4n) is 3.21. The number of nitrogens with one attached hydrogen (secondary N) is 1. The minimum Gasteiger partial charge on any atom is -0.493 e. The topological polar surface area (TPSA) is 54.0 Å². The summed E-state index contributed by atoms with van der Waals surface area (Å²) in [7, 11) is 3.33. The summed E-state index contributed by atoms with van der Waals surface area (Å²) in [4.78, 5) is 2.36. The molecule has 5 nitrogen and oxygen atoms in total. The summed E-state index contributed by atoms with van der Waals surface area (Å²) in [6.07, 6.45) is 0.718. The number of aliphatic hydroxyl groups excluding tert-OH is 1. The Morgan fingerprint density at radius 3 is 2.45 bits per heavy atom. The van der Waals surface area contributed by atoms with E-state index >= 15 is 0 Å². The van der Waals surface area contributed by atoms with Crippen LogP contribution >= 0.6 is 0 Å². The van der Waals surface area contributed by atoms with Crippen molar-refractivity contribution in [1.29, 1.82) is 0 Å². The first-order valence-electron chi connectivity index (χ1n) is 7.09. The number of fused-ring (bicyclic) bond motifs is 1. The normalized spacial score (nSPS) is 26.4. The van der Waals surface area contributed by atoms with Crippen molar-refractivity contribution in [1.82, 2.24) is 10.2 Å². The summed E-state index contributed by atoms with van der Waals surface area (Å²) < 4.78 is 10.7. The van der Waals surface area contributed by atoms with Gasteiger partial charge in [0.05, 0.1) is 20.3 Å². The maximum Gasteiger partial charge on any atom is 0.161 e. The standard InChI is InChI=1S/C15H22N2O3/c1-19-14-5-10-3-4-17(12-7-16-8-13(12)18)9-11(10)6-15(14)20-2/h5-6,12-13,16,18H,3-4,7-9H2,1-2H3. The van der Waals surface area contributed by atoms with Crippen molar-refractivity contribution in [3.05, 3.63) is 23.3 Å². The third kappa shape index (κ3) is 2.37. The maximum absolute atomic E-state index is 10.0. The molecule has 2 N–H and O–H groups in total. The van der Waals surface area contributed by atoms with Gasteiger partial charge in [0, 0.05) is 32.2 Å². The summed E-state index contributed by atoms with van der Waals surface area (Å²) in [5.74, 6) is 1.57. The lowest BCUT2D eigenvalue weighted by molar-refractivity contribution is 0.0745. The molecule has 0 bridgehead atoms. The second-order valence-electron chi connectivity index (χ2n) is 5.49. The summed E-state index contributed by atoms with van der Waals surface area (Å²) in [5, 5.41) is 13.3. The number of benzene rings is 1. The first-order chi connectivity index (χ1) is 9.72. The molecule has 0 radical (unpaired) electrons. The molecule has 0 spiro atoms. The van der Waals surface area contributed by atoms with Gasteiger partial charge in [0.25, 0.3) is 0 Å². The molecule has 0 amide bonds. The van der Waals surface area contributed by atoms with Crippen LogP contribution in [0, 0.1) is 0 Å². The maximum atomic E-state index is 10.0. The van der Waals surface area contributed by atoms with Gasteiger partial charge in [-0.2, -0.15) is 0 Å². The molecular formula is C15H22N2O3. The lowest BCUT2D eigenvalue weighted by atomic mass is 9.97. The van der Waals surface area contributed by atoms with E-state index in [4.69, 9.17) is 9.47 Å². The van der Waals surface area contributed by atoms with E-state index in [1.807, 2.05) is 0 Å². The summed E-state index contributed by atoms with van der Waals surface area (Å²) >= 11 is 0. The van der Waals surface area contributed by atoms with Crippen molar-refractivity contribution in [2.45, 2.75) is 25.1 Å². The highest BCUT2D eigenvalue weighted by Crippen LogP contribution is 2.33. The zero-order chi connectivity index (χ0) is 14.1. The number of ether oxygens (including phenoxy) is 2. The van der Waals surface area contributed by atoms with Gasteiger partial charge in [0.1, 0.15) is 0 Å². The van der Waals surface area contributed by atoms with Crippen LogP contribution in [-0.2, 0) is 13.0 Å². The molecule has 3 rings (SSSR count). The van der Waals surface area contributed by atoms with E-state index in [0.717, 1.165) is 37.6 Å². The minimum atomic E-state index is -0.267. The SMILES string of the molecule is COc1cc2c(cc1OC)CN(C1CNCC1O)CC2. The second kappa shape index (κ2) is 5.60. The number of hydrogen-bond acceptors (Lipinski definition) is 5. The summed E-state index contributed by atoms with van der Waals surface area (Å²) in [6, 6.07) is 4.36. The molecule has 20 heavy (non-hydrogen) atoms. The molecule has 110 valence electrons. The first kappa shape index (κ1) is 13.7. The first-order valence-corrected chi connectivity index (χ1v) is 7.09. The smallest absolute Gasteiger partial charge is 0.161 e. The minimum absolute atomic E-state index is 0.219. The predicted molar refractivity (Wildman–Crippen MR) is 76.3 cm³/mol. The van der Waals surface area contributed by atoms with E-state index in [1.165, 1.54) is 11.1 Å². The van der Waals surface area contributed by atoms with Crippen molar-refractivity contribution in [2.75, 3.05) is 33.9 Å². The summed E-state index contributed by atoms with van der Waals surface area (Å²) in [5.41, 5.74) is 2.59. The van der Waals surface area contributed by atoms with Crippen LogP contribution in [0.15, 0.2) is 12.1 Å². The van der Waals surface area contributed by atoms with Crippen molar-refractivity contribution in [3.8, 4) is 11.5 Å². The average Bonchev–Trinajstić information content (AvgIpc) is 2.91. The Morgan fingerprint density at radius 2 is 1.85 bits per heavy atom. The highest BCUT2D eigenvalue weighted by molar-refractivity contribution is 5.48. The molecule has 2 unspecified atom stereocenters. The van der Waals surface area contributed by atoms with Gasteiger partial charge >= 0.3 is 0 Å². The van der Waals surface area contributed by atoms with E-state index in [1.54, 1.807) is 14.2 Å². The van der Waals surface area contributed by atoms with Crippen LogP contribution in [0.5, 0.6) is 11.5 Å². The van der Waals surface area contributed by atoms with Crippen LogP contribution in [-0.4, -0.2) is 56.0 Å². The van der Waals surface area contributed by atoms with Gasteiger partial charge in [-0.3, -0.25) is 4.90 Å². The Balaban J connectivity index is 1.83. The molecular weight excluding hydrogens is 256 g/mol. The number of methoxy groups -OCH3 is 2. The number of β-amino-alcohol motifs (C(OH)–C–C–N with tert-alkyl or cyclic N) is 1. The van der Waals surface area contributed by atoms with Gasteiger partial charge < -0.3 is 19.9 Å². The molecule has 0 aromatic heterocycles. The number of hydrogen-bond donors (Lipinski definition) is 2. The van der Waals surface area contributed by atoms with E-state index in [2.05, 4.69) is 22.3 Å². The van der Waals surface area contributed by atoms with Gasteiger partial charge in [-0.25, -0.2) is 0 Å². The van der Waals surface area contributed by atoms with Crippen LogP contribution in [0.1, 0.15) is 11.1 Å². The Kier molecular flexibility index (Phi) is 3.83. The van der Waals surface area contributed by atoms with Crippen LogP contribution in [0.4, 0.5) is 0 Å². The average molecular weight is 278 g/mol. The van der Waals surface area contributed by atoms with Gasteiger partial charge in [-0.1, -0.05) is 0 Å². The molecule has 2 heterocycles. The fourth-order valence-corrected chi connectivity index (χ4v) is 3.21. The van der Waals surface area contributed by atoms with Crippen LogP contribution in [0.3, 0.4) is 0 Å². The van der Waals surface area contributed by atoms with Crippen molar-refractivity contribution in [3.63, 3.8) is 0 Å². The van der Waals surface area contributed by atoms with Gasteiger partial charge in [-0.05, 0) is 29.7 Å². The molecule has 1 fully saturated rings. The Labute approximate surface area is 119 Å². The quantitative estimate of drug-likeness (QED) is 0.838. The predicted octanol–water partition coefficient (Wildman–Crippen LogP) is 0.395. The molecule has 1 aromatic carbocycles. The number of nitrogens with zero attached hydrogens (tertiary/aromatic N) is 1. The molecule has 2 aliphatic rings. The van der Waals surface area contributed by atoms with Gasteiger partial charge in [0.15, 0.2) is 11.5 Å². The molecule has 1 aromatic rings. The highest BCUT2D eigenvalue weighted by Gasteiger charge is 2.32. The zero-order valence-electron chi connectivity index (χ0n) is 12.1. The Bertz CT molecular complexity index is 492. The van der Waals surface area contributed by atoms with E-state index in [9.17, 15) is 5.11 Å². The van der Waals surface area contributed by atoms with Crippen LogP contribution in [0.25, 0.3) is 0 Å². The Morgan fingerprint density at radius 1 is 1.15 bits per heavy atom. The lowest BCUT2D eigenvalue weighted by Crippen LogP contribution is -2.45. The van der Waals surface area contributed by atoms with Crippen molar-refractivity contribution < 1.29 is 14.6 Å². The van der Waals surface area contributed by atoms with E-state index < -0.39 is 0 Å². The summed E-state index contributed by atoms with van der Waals surface area (Å²) in [6.45, 7) is 3.40. The molecule has 2 aliphatic heterocycles. The fraction of sp³-hybridized carbons (Fsp3) is 0.600. The van der Waals surface area contributed by atoms with Gasteiger partial charge in [-0.15, -0.1) is 0 Å². The van der Waals surface area contributed by atoms with E-state index in [0.29, 0.717) is 6.54 Å². The largest absolute Gasteiger partial charge is 0.493 e. The monoisotopic (exact) mass is 278 g/mol. The van der Waals surface area contributed by atoms with Crippen molar-refractivity contribution in [2.24, 2.45) is 0 Å². The molecule has 1 saturated heterocycles. The number of aliphatic hydroxyl groups is 1. The van der Waals surface area contributed by atoms with Crippen molar-refractivity contribution >= 4 is 0 Å². The zero-order valence-corrected chi connectivity index (χ0v) is 12.1. The molecule has 5 heteroatoms. The third-order valence-electron chi connectivity index (χ3n) is 4.37. The molecule has 0 saturated carbocycles. The van der Waals surface area contributed by atoms with Crippen LogP contribution < -0.4 is 14.8 Å². The molecule has 2 atom stereocenters. The second-order valence-corrected chi connectivity index (χ2v) is 5.49. The lowest BCUT2D eigenvalue weighted by Gasteiger charge is -2.35. The highest BCUT2D eigenvalue weighted by atomic mass is 16.5. The molecule has 0 aliphatic carbocycles. The number of rotatable bonds is 3. The van der Waals surface area contributed by atoms with Crippen LogP contribution in [0.2, 0.25) is 0 Å². The van der Waals surface area contributed by atoms with Gasteiger partial charge in [0.2, 0.25) is 0 Å². The Hall–Kier alpha value is -1.30.